The molecule has 7 heteroatoms. The van der Waals surface area contributed by atoms with E-state index in [1.54, 1.807) is 24.3 Å². The first-order valence-electron chi connectivity index (χ1n) is 5.51. The minimum absolute atomic E-state index is 0.179. The molecule has 0 aliphatic carbocycles. The number of hydrogen-bond acceptors (Lipinski definition) is 4. The number of carbonyl (C=O) groups excluding carboxylic acids is 1. The van der Waals surface area contributed by atoms with Crippen LogP contribution in [0, 0.1) is 0 Å². The lowest BCUT2D eigenvalue weighted by molar-refractivity contribution is -0.114. The average Bonchev–Trinajstić information content (AvgIpc) is 2.26. The quantitative estimate of drug-likeness (QED) is 0.653. The van der Waals surface area contributed by atoms with Crippen LogP contribution in [-0.2, 0) is 4.79 Å². The number of nitrogens with one attached hydrogen (secondary N) is 4. The number of hydrogen-bond donors (Lipinski definition) is 4. The van der Waals surface area contributed by atoms with Gasteiger partial charge in [-0.2, -0.15) is 0 Å². The number of anilines is 3. The van der Waals surface area contributed by atoms with Crippen LogP contribution in [-0.4, -0.2) is 15.9 Å². The van der Waals surface area contributed by atoms with Crippen LogP contribution in [0.3, 0.4) is 0 Å². The largest absolute Gasteiger partial charge is 0.341 e. The fourth-order valence-electron chi connectivity index (χ4n) is 1.57. The maximum absolute atomic E-state index is 11.1. The fourth-order valence-corrected chi connectivity index (χ4v) is 1.57. The summed E-state index contributed by atoms with van der Waals surface area (Å²) in [6.07, 6.45) is 0. The van der Waals surface area contributed by atoms with Crippen molar-refractivity contribution in [2.45, 2.75) is 6.92 Å². The molecule has 2 rings (SSSR count). The van der Waals surface area contributed by atoms with Gasteiger partial charge >= 0.3 is 5.69 Å². The molecule has 0 unspecified atom stereocenters. The molecular formula is C12H12N4O3. The minimum Gasteiger partial charge on any atom is -0.341 e. The van der Waals surface area contributed by atoms with Gasteiger partial charge in [0.2, 0.25) is 5.91 Å². The zero-order valence-corrected chi connectivity index (χ0v) is 10.1. The Kier molecular flexibility index (Phi) is 3.46. The number of aromatic nitrogens is 2. The highest BCUT2D eigenvalue weighted by Crippen LogP contribution is 2.17. The Balaban J connectivity index is 2.25. The van der Waals surface area contributed by atoms with Crippen molar-refractivity contribution in [1.29, 1.82) is 0 Å². The van der Waals surface area contributed by atoms with Crippen molar-refractivity contribution in [3.63, 3.8) is 0 Å². The minimum atomic E-state index is -0.590. The predicted octanol–water partition coefficient (Wildman–Crippen LogP) is 0.765. The zero-order chi connectivity index (χ0) is 13.8. The van der Waals surface area contributed by atoms with Crippen LogP contribution in [0.15, 0.2) is 39.9 Å². The summed E-state index contributed by atoms with van der Waals surface area (Å²) < 4.78 is 0. The Morgan fingerprint density at radius 1 is 1.11 bits per heavy atom. The first-order valence-corrected chi connectivity index (χ1v) is 5.51. The summed E-state index contributed by atoms with van der Waals surface area (Å²) in [6, 6.07) is 8.12. The van der Waals surface area contributed by atoms with Crippen molar-refractivity contribution in [3.05, 3.63) is 51.2 Å². The third-order valence-electron chi connectivity index (χ3n) is 2.22. The molecule has 0 spiro atoms. The van der Waals surface area contributed by atoms with Crippen LogP contribution < -0.4 is 21.9 Å². The van der Waals surface area contributed by atoms with Crippen molar-refractivity contribution in [1.82, 2.24) is 9.97 Å². The summed E-state index contributed by atoms with van der Waals surface area (Å²) in [6.45, 7) is 1.41. The van der Waals surface area contributed by atoms with Gasteiger partial charge in [-0.15, -0.1) is 0 Å². The van der Waals surface area contributed by atoms with Crippen LogP contribution >= 0.6 is 0 Å². The van der Waals surface area contributed by atoms with Gasteiger partial charge < -0.3 is 10.6 Å². The second-order valence-electron chi connectivity index (χ2n) is 3.89. The highest BCUT2D eigenvalue weighted by molar-refractivity contribution is 5.89. The topological polar surface area (TPSA) is 107 Å². The van der Waals surface area contributed by atoms with Crippen LogP contribution in [0.2, 0.25) is 0 Å². The van der Waals surface area contributed by atoms with E-state index in [0.717, 1.165) is 0 Å². The van der Waals surface area contributed by atoms with E-state index in [1.165, 1.54) is 13.0 Å². The predicted molar refractivity (Wildman–Crippen MR) is 71.7 cm³/mol. The van der Waals surface area contributed by atoms with E-state index in [4.69, 9.17) is 0 Å². The van der Waals surface area contributed by atoms with Crippen LogP contribution in [0.1, 0.15) is 6.92 Å². The van der Waals surface area contributed by atoms with Crippen LogP contribution in [0.4, 0.5) is 17.2 Å². The Morgan fingerprint density at radius 3 is 2.53 bits per heavy atom. The van der Waals surface area contributed by atoms with Gasteiger partial charge in [-0.05, 0) is 18.2 Å². The maximum Gasteiger partial charge on any atom is 0.327 e. The van der Waals surface area contributed by atoms with E-state index >= 15 is 0 Å². The molecule has 0 aliphatic heterocycles. The Hall–Kier alpha value is -2.83. The fraction of sp³-hybridized carbons (Fsp3) is 0.0833. The molecule has 0 saturated carbocycles. The monoisotopic (exact) mass is 260 g/mol. The molecule has 0 radical (unpaired) electrons. The van der Waals surface area contributed by atoms with Crippen molar-refractivity contribution < 1.29 is 4.79 Å². The second-order valence-corrected chi connectivity index (χ2v) is 3.89. The van der Waals surface area contributed by atoms with Gasteiger partial charge in [0.05, 0.1) is 0 Å². The molecule has 0 bridgehead atoms. The van der Waals surface area contributed by atoms with Crippen molar-refractivity contribution >= 4 is 23.1 Å². The number of amides is 1. The van der Waals surface area contributed by atoms with Crippen molar-refractivity contribution in [2.24, 2.45) is 0 Å². The van der Waals surface area contributed by atoms with Gasteiger partial charge in [0, 0.05) is 24.4 Å². The molecular weight excluding hydrogens is 248 g/mol. The molecule has 19 heavy (non-hydrogen) atoms. The standard InChI is InChI=1S/C12H12N4O3/c1-7(17)13-8-3-2-4-9(5-8)14-10-6-11(18)16-12(19)15-10/h2-6H,1H3,(H,13,17)(H3,14,15,16,18,19). The van der Waals surface area contributed by atoms with Gasteiger partial charge in [-0.25, -0.2) is 4.79 Å². The number of carbonyl (C=O) groups is 1. The average molecular weight is 260 g/mol. The Morgan fingerprint density at radius 2 is 1.84 bits per heavy atom. The third kappa shape index (κ3) is 3.56. The number of aromatic amines is 2. The first-order chi connectivity index (χ1) is 9.02. The van der Waals surface area contributed by atoms with Crippen LogP contribution in [0.25, 0.3) is 0 Å². The first kappa shape index (κ1) is 12.6. The molecule has 0 fully saturated rings. The number of rotatable bonds is 3. The van der Waals surface area contributed by atoms with Gasteiger partial charge in [0.15, 0.2) is 0 Å². The molecule has 1 aromatic carbocycles. The van der Waals surface area contributed by atoms with E-state index in [0.29, 0.717) is 11.4 Å². The van der Waals surface area contributed by atoms with E-state index in [2.05, 4.69) is 20.6 Å². The molecule has 98 valence electrons. The molecule has 1 amide bonds. The highest BCUT2D eigenvalue weighted by atomic mass is 16.2. The summed E-state index contributed by atoms with van der Waals surface area (Å²) in [5.74, 6) is 0.0930. The van der Waals surface area contributed by atoms with E-state index in [1.807, 2.05) is 0 Å². The third-order valence-corrected chi connectivity index (χ3v) is 2.22. The molecule has 2 aromatic rings. The summed E-state index contributed by atoms with van der Waals surface area (Å²) in [4.78, 5) is 37.7. The van der Waals surface area contributed by atoms with Crippen molar-refractivity contribution in [3.8, 4) is 0 Å². The lowest BCUT2D eigenvalue weighted by Crippen LogP contribution is -2.22. The van der Waals surface area contributed by atoms with E-state index in [-0.39, 0.29) is 11.7 Å². The zero-order valence-electron chi connectivity index (χ0n) is 10.1. The van der Waals surface area contributed by atoms with Gasteiger partial charge in [-0.1, -0.05) is 6.07 Å². The lowest BCUT2D eigenvalue weighted by atomic mass is 10.2. The smallest absolute Gasteiger partial charge is 0.327 e. The van der Waals surface area contributed by atoms with Crippen molar-refractivity contribution in [2.75, 3.05) is 10.6 Å². The SMILES string of the molecule is CC(=O)Nc1cccc(Nc2cc(=O)[nH]c(=O)[nH]2)c1. The van der Waals surface area contributed by atoms with Gasteiger partial charge in [0.25, 0.3) is 5.56 Å². The molecule has 1 aromatic heterocycles. The molecule has 1 heterocycles. The van der Waals surface area contributed by atoms with E-state index in [9.17, 15) is 14.4 Å². The maximum atomic E-state index is 11.1. The molecule has 0 saturated heterocycles. The summed E-state index contributed by atoms with van der Waals surface area (Å²) in [5, 5.41) is 5.51. The second kappa shape index (κ2) is 5.21. The molecule has 7 nitrogen and oxygen atoms in total. The summed E-state index contributed by atoms with van der Waals surface area (Å²) in [5.41, 5.74) is 0.162. The normalized spacial score (nSPS) is 9.95. The Labute approximate surface area is 107 Å². The van der Waals surface area contributed by atoms with Gasteiger partial charge in [-0.3, -0.25) is 19.6 Å². The number of benzene rings is 1. The molecule has 0 aliphatic rings. The Bertz CT molecular complexity index is 689. The lowest BCUT2D eigenvalue weighted by Gasteiger charge is -2.08. The molecule has 0 atom stereocenters. The number of H-pyrrole nitrogens is 2. The van der Waals surface area contributed by atoms with E-state index < -0.39 is 11.2 Å². The van der Waals surface area contributed by atoms with Gasteiger partial charge in [0.1, 0.15) is 5.82 Å². The highest BCUT2D eigenvalue weighted by Gasteiger charge is 2.00. The summed E-state index contributed by atoms with van der Waals surface area (Å²) >= 11 is 0. The summed E-state index contributed by atoms with van der Waals surface area (Å²) in [7, 11) is 0. The van der Waals surface area contributed by atoms with Crippen LogP contribution in [0.5, 0.6) is 0 Å². The molecule has 4 N–H and O–H groups in total.